The van der Waals surface area contributed by atoms with Crippen LogP contribution in [0.5, 0.6) is 0 Å². The smallest absolute Gasteiger partial charge is 0.306 e. The van der Waals surface area contributed by atoms with Crippen LogP contribution in [-0.2, 0) is 14.4 Å². The van der Waals surface area contributed by atoms with Crippen molar-refractivity contribution in [3.8, 4) is 0 Å². The molecule has 4 bridgehead atoms. The highest BCUT2D eigenvalue weighted by Gasteiger charge is 2.47. The number of benzene rings is 1. The van der Waals surface area contributed by atoms with Gasteiger partial charge < -0.3 is 14.1 Å². The van der Waals surface area contributed by atoms with Crippen LogP contribution in [0, 0.1) is 11.8 Å². The molecule has 2 saturated heterocycles. The molecule has 3 unspecified atom stereocenters. The molecule has 6 rings (SSSR count). The van der Waals surface area contributed by atoms with Gasteiger partial charge in [0.15, 0.2) is 5.69 Å². The molecule has 1 aromatic carbocycles. The third-order valence-corrected chi connectivity index (χ3v) is 10.0. The van der Waals surface area contributed by atoms with Crippen LogP contribution in [-0.4, -0.2) is 58.0 Å². The molecular formula is C32H44N4O4. The highest BCUT2D eigenvalue weighted by Crippen LogP contribution is 2.48. The first-order chi connectivity index (χ1) is 19.6. The van der Waals surface area contributed by atoms with Crippen LogP contribution in [0.25, 0.3) is 11.0 Å². The van der Waals surface area contributed by atoms with Crippen LogP contribution >= 0.6 is 0 Å². The highest BCUT2D eigenvalue weighted by molar-refractivity contribution is 6.00. The van der Waals surface area contributed by atoms with Crippen molar-refractivity contribution in [2.45, 2.75) is 115 Å². The molecule has 8 nitrogen and oxygen atoms in total. The Labute approximate surface area is 237 Å². The molecule has 0 N–H and O–H groups in total. The van der Waals surface area contributed by atoms with Gasteiger partial charge in [-0.1, -0.05) is 43.0 Å². The van der Waals surface area contributed by atoms with Crippen molar-refractivity contribution in [1.82, 2.24) is 14.5 Å². The fourth-order valence-electron chi connectivity index (χ4n) is 8.58. The Morgan fingerprint density at radius 3 is 2.30 bits per heavy atom. The van der Waals surface area contributed by atoms with Crippen molar-refractivity contribution >= 4 is 22.7 Å². The Kier molecular flexibility index (Phi) is 8.24. The summed E-state index contributed by atoms with van der Waals surface area (Å²) in [5, 5.41) is 4.16. The number of nitrogens with zero attached hydrogens (tertiary/aromatic N) is 4. The van der Waals surface area contributed by atoms with Gasteiger partial charge in [0.2, 0.25) is 0 Å². The first kappa shape index (κ1) is 27.4. The van der Waals surface area contributed by atoms with Gasteiger partial charge in [-0.3, -0.25) is 14.5 Å². The lowest BCUT2D eigenvalue weighted by Gasteiger charge is -2.48. The summed E-state index contributed by atoms with van der Waals surface area (Å²) in [4.78, 5) is 39.1. The third kappa shape index (κ3) is 5.44. The first-order valence-corrected chi connectivity index (χ1v) is 15.6. The van der Waals surface area contributed by atoms with Crippen molar-refractivity contribution in [2.24, 2.45) is 17.0 Å². The largest absolute Gasteiger partial charge is 0.466 e. The molecule has 2 aromatic rings. The first-order valence-electron chi connectivity index (χ1n) is 15.6. The normalized spacial score (nSPS) is 30.7. The number of ether oxygens (including phenoxy) is 1. The molecule has 1 aromatic heterocycles. The van der Waals surface area contributed by atoms with Gasteiger partial charge in [-0.05, 0) is 75.8 Å². The molecule has 5 atom stereocenters. The van der Waals surface area contributed by atoms with E-state index in [-0.39, 0.29) is 36.1 Å². The lowest BCUT2D eigenvalue weighted by Crippen LogP contribution is -2.52. The summed E-state index contributed by atoms with van der Waals surface area (Å²) in [6.07, 6.45) is 14.7. The van der Waals surface area contributed by atoms with E-state index >= 15 is 0 Å². The second-order valence-corrected chi connectivity index (χ2v) is 12.5. The van der Waals surface area contributed by atoms with Gasteiger partial charge in [-0.15, -0.1) is 0 Å². The van der Waals surface area contributed by atoms with Gasteiger partial charge >= 0.3 is 5.97 Å². The highest BCUT2D eigenvalue weighted by atomic mass is 16.6. The number of para-hydroxylation sites is 2. The van der Waals surface area contributed by atoms with Gasteiger partial charge in [0, 0.05) is 30.6 Å². The van der Waals surface area contributed by atoms with E-state index in [0.29, 0.717) is 30.4 Å². The molecule has 2 saturated carbocycles. The fourth-order valence-corrected chi connectivity index (χ4v) is 8.58. The van der Waals surface area contributed by atoms with Crippen LogP contribution in [0.3, 0.4) is 0 Å². The molecular weight excluding hydrogens is 504 g/mol. The van der Waals surface area contributed by atoms with Crippen LogP contribution in [0.15, 0.2) is 34.2 Å². The number of hydrogen-bond acceptors (Lipinski definition) is 7. The molecule has 4 aliphatic rings. The topological polar surface area (TPSA) is 86.0 Å². The van der Waals surface area contributed by atoms with Crippen molar-refractivity contribution < 1.29 is 14.4 Å². The molecule has 40 heavy (non-hydrogen) atoms. The lowest BCUT2D eigenvalue weighted by molar-refractivity contribution is -0.142. The summed E-state index contributed by atoms with van der Waals surface area (Å²) in [6.45, 7) is 2.10. The molecule has 2 aliphatic carbocycles. The van der Waals surface area contributed by atoms with E-state index in [1.165, 1.54) is 64.9 Å². The summed E-state index contributed by atoms with van der Waals surface area (Å²) < 4.78 is 7.10. The van der Waals surface area contributed by atoms with E-state index in [2.05, 4.69) is 10.1 Å². The minimum atomic E-state index is -0.320. The molecule has 0 amide bonds. The van der Waals surface area contributed by atoms with Crippen molar-refractivity contribution in [3.05, 3.63) is 40.3 Å². The van der Waals surface area contributed by atoms with Gasteiger partial charge in [-0.25, -0.2) is 4.98 Å². The summed E-state index contributed by atoms with van der Waals surface area (Å²) in [6, 6.07) is 9.81. The van der Waals surface area contributed by atoms with E-state index in [1.54, 1.807) is 6.92 Å². The molecule has 2 aliphatic heterocycles. The number of carbonyl (C=O) groups is 1. The van der Waals surface area contributed by atoms with Gasteiger partial charge in [0.25, 0.3) is 5.56 Å². The van der Waals surface area contributed by atoms with Crippen LogP contribution in [0.1, 0.15) is 102 Å². The minimum Gasteiger partial charge on any atom is -0.466 e. The predicted octanol–water partition coefficient (Wildman–Crippen LogP) is 5.62. The fraction of sp³-hybridized carbons (Fsp3) is 0.688. The lowest BCUT2D eigenvalue weighted by atomic mass is 9.76. The number of rotatable bonds is 8. The Hall–Kier alpha value is -2.74. The number of aromatic nitrogens is 2. The van der Waals surface area contributed by atoms with Gasteiger partial charge in [0.05, 0.1) is 24.1 Å². The summed E-state index contributed by atoms with van der Waals surface area (Å²) in [7, 11) is 1.46. The number of piperidine rings is 1. The average Bonchev–Trinajstić information content (AvgIpc) is 3.10. The van der Waals surface area contributed by atoms with E-state index in [4.69, 9.17) is 14.6 Å². The predicted molar refractivity (Wildman–Crippen MR) is 155 cm³/mol. The summed E-state index contributed by atoms with van der Waals surface area (Å²) in [5.74, 6) is 1.50. The zero-order chi connectivity index (χ0) is 27.6. The zero-order valence-corrected chi connectivity index (χ0v) is 24.1. The van der Waals surface area contributed by atoms with E-state index in [0.717, 1.165) is 35.7 Å². The number of carbonyl (C=O) groups excluding carboxylic acids is 1. The van der Waals surface area contributed by atoms with Crippen molar-refractivity contribution in [3.63, 3.8) is 0 Å². The number of oxime groups is 1. The molecule has 216 valence electrons. The van der Waals surface area contributed by atoms with Crippen LogP contribution in [0.4, 0.5) is 0 Å². The Balaban J connectivity index is 1.30. The van der Waals surface area contributed by atoms with Crippen molar-refractivity contribution in [1.29, 1.82) is 0 Å². The van der Waals surface area contributed by atoms with Crippen molar-refractivity contribution in [2.75, 3.05) is 13.7 Å². The Bertz CT molecular complexity index is 1280. The summed E-state index contributed by atoms with van der Waals surface area (Å²) in [5.41, 5.74) is 2.17. The van der Waals surface area contributed by atoms with Gasteiger partial charge in [0.1, 0.15) is 12.8 Å². The number of hydrogen-bond donors (Lipinski definition) is 0. The Morgan fingerprint density at radius 1 is 0.925 bits per heavy atom. The number of fused-ring (bicyclic) bond motifs is 5. The Morgan fingerprint density at radius 2 is 1.62 bits per heavy atom. The molecule has 0 spiro atoms. The zero-order valence-electron chi connectivity index (χ0n) is 24.1. The van der Waals surface area contributed by atoms with Gasteiger partial charge in [-0.2, -0.15) is 0 Å². The standard InChI is InChI=1S/C32H44N4O4/c1-3-40-30(37)15-14-28(34-39-2)31-32(38)36(29-11-7-6-10-27(29)33-31)26-19-23-12-13-24(20-26)35(23)25-17-21-8-4-5-9-22(16-21)18-25/h6-7,10-11,21-26H,3-5,8-9,12-20H2,1-2H3/t21?,22?,23-,24?,25?,26+/m1/s1. The monoisotopic (exact) mass is 548 g/mol. The third-order valence-electron chi connectivity index (χ3n) is 10.0. The van der Waals surface area contributed by atoms with E-state index in [1.807, 2.05) is 28.8 Å². The SMILES string of the molecule is CCOC(=O)CCC(=NOC)c1nc2ccccc2n([C@@H]2CC3CC[C@H](C2)N3C2CC3CCCCC(C3)C2)c1=O. The maximum Gasteiger partial charge on any atom is 0.306 e. The molecule has 4 fully saturated rings. The minimum absolute atomic E-state index is 0.118. The maximum atomic E-state index is 14.2. The molecule has 8 heteroatoms. The summed E-state index contributed by atoms with van der Waals surface area (Å²) >= 11 is 0. The maximum absolute atomic E-state index is 14.2. The average molecular weight is 549 g/mol. The molecule has 3 heterocycles. The van der Waals surface area contributed by atoms with E-state index in [9.17, 15) is 9.59 Å². The van der Waals surface area contributed by atoms with Crippen LogP contribution in [0.2, 0.25) is 0 Å². The van der Waals surface area contributed by atoms with E-state index < -0.39 is 0 Å². The number of esters is 1. The second kappa shape index (κ2) is 12.0. The van der Waals surface area contributed by atoms with Crippen LogP contribution < -0.4 is 5.56 Å². The molecule has 0 radical (unpaired) electrons. The second-order valence-electron chi connectivity index (χ2n) is 12.5. The quantitative estimate of drug-likeness (QED) is 0.242.